The molecule has 0 atom stereocenters. The van der Waals surface area contributed by atoms with E-state index in [0.29, 0.717) is 5.92 Å². The number of H-pyrrole nitrogens is 1. The molecule has 0 bridgehead atoms. The van der Waals surface area contributed by atoms with Crippen LogP contribution in [0.1, 0.15) is 52.5 Å². The molecule has 1 saturated heterocycles. The van der Waals surface area contributed by atoms with Gasteiger partial charge >= 0.3 is 0 Å². The monoisotopic (exact) mass is 393 g/mol. The molecule has 1 aliphatic rings. The molecule has 6 heteroatoms. The van der Waals surface area contributed by atoms with Crippen LogP contribution in [0.4, 0.5) is 0 Å². The molecule has 154 valence electrons. The third kappa shape index (κ3) is 4.22. The van der Waals surface area contributed by atoms with Gasteiger partial charge in [0.2, 0.25) is 0 Å². The average Bonchev–Trinajstić information content (AvgIpc) is 3.27. The van der Waals surface area contributed by atoms with E-state index in [1.807, 2.05) is 18.3 Å². The summed E-state index contributed by atoms with van der Waals surface area (Å²) < 4.78 is 7.39. The summed E-state index contributed by atoms with van der Waals surface area (Å²) in [5.74, 6) is 1.52. The number of hydrogen-bond acceptors (Lipinski definition) is 4. The van der Waals surface area contributed by atoms with Crippen LogP contribution in [0.2, 0.25) is 0 Å². The molecule has 1 N–H and O–H groups in total. The molecule has 1 aromatic carbocycles. The molecule has 29 heavy (non-hydrogen) atoms. The summed E-state index contributed by atoms with van der Waals surface area (Å²) in [6.45, 7) is 10.5. The molecular weight excluding hydrogens is 362 g/mol. The molecular formula is C23H31N5O. The maximum atomic E-state index is 5.26. The quantitative estimate of drug-likeness (QED) is 0.688. The van der Waals surface area contributed by atoms with Crippen LogP contribution in [-0.4, -0.2) is 45.1 Å². The highest BCUT2D eigenvalue weighted by atomic mass is 16.5. The molecule has 0 saturated carbocycles. The zero-order valence-corrected chi connectivity index (χ0v) is 17.9. The van der Waals surface area contributed by atoms with Crippen molar-refractivity contribution in [3.05, 3.63) is 64.2 Å². The van der Waals surface area contributed by atoms with Crippen LogP contribution >= 0.6 is 0 Å². The number of nitrogens with one attached hydrogen (secondary N) is 1. The number of rotatable bonds is 6. The molecule has 6 nitrogen and oxygen atoms in total. The molecule has 4 rings (SSSR count). The normalized spacial score (nSPS) is 15.7. The number of aromatic nitrogens is 4. The minimum absolute atomic E-state index is 0.630. The molecule has 2 aromatic heterocycles. The first-order valence-corrected chi connectivity index (χ1v) is 10.4. The number of methoxy groups -OCH3 is 1. The summed E-state index contributed by atoms with van der Waals surface area (Å²) in [6, 6.07) is 8.23. The van der Waals surface area contributed by atoms with Gasteiger partial charge in [-0.2, -0.15) is 10.2 Å². The van der Waals surface area contributed by atoms with Crippen molar-refractivity contribution in [3.63, 3.8) is 0 Å². The number of aryl methyl sites for hydroxylation is 2. The lowest BCUT2D eigenvalue weighted by Gasteiger charge is -2.32. The number of benzene rings is 1. The Morgan fingerprint density at radius 2 is 1.79 bits per heavy atom. The number of aromatic amines is 1. The molecule has 0 amide bonds. The van der Waals surface area contributed by atoms with Crippen molar-refractivity contribution in [1.82, 2.24) is 24.9 Å². The molecule has 3 aromatic rings. The Balaban J connectivity index is 1.40. The Morgan fingerprint density at radius 1 is 1.07 bits per heavy atom. The van der Waals surface area contributed by atoms with Crippen LogP contribution in [0.5, 0.6) is 5.75 Å². The lowest BCUT2D eigenvalue weighted by atomic mass is 9.89. The van der Waals surface area contributed by atoms with Crippen LogP contribution in [-0.2, 0) is 13.1 Å². The van der Waals surface area contributed by atoms with Crippen molar-refractivity contribution in [1.29, 1.82) is 0 Å². The van der Waals surface area contributed by atoms with Gasteiger partial charge in [0.25, 0.3) is 0 Å². The number of hydrogen-bond donors (Lipinski definition) is 1. The van der Waals surface area contributed by atoms with Crippen molar-refractivity contribution in [2.24, 2.45) is 0 Å². The Kier molecular flexibility index (Phi) is 5.72. The van der Waals surface area contributed by atoms with Crippen molar-refractivity contribution >= 4 is 0 Å². The lowest BCUT2D eigenvalue weighted by Crippen LogP contribution is -2.32. The van der Waals surface area contributed by atoms with Crippen LogP contribution in [0.25, 0.3) is 0 Å². The predicted octanol–water partition coefficient (Wildman–Crippen LogP) is 3.97. The first-order valence-electron chi connectivity index (χ1n) is 10.4. The van der Waals surface area contributed by atoms with Gasteiger partial charge in [0, 0.05) is 23.5 Å². The predicted molar refractivity (Wildman–Crippen MR) is 114 cm³/mol. The summed E-state index contributed by atoms with van der Waals surface area (Å²) in [5, 5.41) is 12.1. The summed E-state index contributed by atoms with van der Waals surface area (Å²) in [6.07, 6.45) is 4.39. The summed E-state index contributed by atoms with van der Waals surface area (Å²) >= 11 is 0. The second-order valence-electron chi connectivity index (χ2n) is 8.16. The van der Waals surface area contributed by atoms with E-state index in [0.717, 1.165) is 37.6 Å². The maximum absolute atomic E-state index is 5.26. The van der Waals surface area contributed by atoms with Gasteiger partial charge in [-0.05, 0) is 75.9 Å². The fraction of sp³-hybridized carbons (Fsp3) is 0.478. The van der Waals surface area contributed by atoms with Gasteiger partial charge in [-0.15, -0.1) is 0 Å². The van der Waals surface area contributed by atoms with Crippen molar-refractivity contribution in [2.45, 2.75) is 52.6 Å². The van der Waals surface area contributed by atoms with E-state index >= 15 is 0 Å². The Labute approximate surface area is 172 Å². The third-order valence-corrected chi connectivity index (χ3v) is 6.30. The highest BCUT2D eigenvalue weighted by molar-refractivity contribution is 5.29. The Hall–Kier alpha value is -2.60. The SMILES string of the molecule is COc1ccc(Cn2nc(C)c(CN3CCC(c4cn[nH]c4C)CC3)c2C)cc1. The molecule has 0 spiro atoms. The first-order chi connectivity index (χ1) is 14.0. The van der Waals surface area contributed by atoms with Crippen LogP contribution in [0, 0.1) is 20.8 Å². The number of piperidine rings is 1. The van der Waals surface area contributed by atoms with E-state index in [2.05, 4.69) is 52.7 Å². The van der Waals surface area contributed by atoms with Crippen LogP contribution in [0.15, 0.2) is 30.5 Å². The molecule has 0 aliphatic carbocycles. The fourth-order valence-electron chi connectivity index (χ4n) is 4.42. The van der Waals surface area contributed by atoms with Gasteiger partial charge in [0.05, 0.1) is 25.5 Å². The Morgan fingerprint density at radius 3 is 2.41 bits per heavy atom. The van der Waals surface area contributed by atoms with Gasteiger partial charge in [0.1, 0.15) is 5.75 Å². The fourth-order valence-corrected chi connectivity index (χ4v) is 4.42. The van der Waals surface area contributed by atoms with Crippen molar-refractivity contribution in [2.75, 3.05) is 20.2 Å². The number of nitrogens with zero attached hydrogens (tertiary/aromatic N) is 4. The topological polar surface area (TPSA) is 59.0 Å². The number of ether oxygens (including phenoxy) is 1. The van der Waals surface area contributed by atoms with E-state index in [-0.39, 0.29) is 0 Å². The second kappa shape index (κ2) is 8.41. The van der Waals surface area contributed by atoms with Crippen LogP contribution in [0.3, 0.4) is 0 Å². The van der Waals surface area contributed by atoms with E-state index in [4.69, 9.17) is 9.84 Å². The van der Waals surface area contributed by atoms with E-state index in [1.165, 1.54) is 40.9 Å². The van der Waals surface area contributed by atoms with Gasteiger partial charge in [0.15, 0.2) is 0 Å². The summed E-state index contributed by atoms with van der Waals surface area (Å²) in [5.41, 5.74) is 7.63. The smallest absolute Gasteiger partial charge is 0.118 e. The van der Waals surface area contributed by atoms with Gasteiger partial charge in [-0.3, -0.25) is 14.7 Å². The maximum Gasteiger partial charge on any atom is 0.118 e. The lowest BCUT2D eigenvalue weighted by molar-refractivity contribution is 0.203. The second-order valence-corrected chi connectivity index (χ2v) is 8.16. The van der Waals surface area contributed by atoms with Gasteiger partial charge in [-0.1, -0.05) is 12.1 Å². The first kappa shape index (κ1) is 19.7. The van der Waals surface area contributed by atoms with Gasteiger partial charge < -0.3 is 4.74 Å². The zero-order chi connectivity index (χ0) is 20.4. The minimum atomic E-state index is 0.630. The molecule has 0 radical (unpaired) electrons. The Bertz CT molecular complexity index is 948. The van der Waals surface area contributed by atoms with Gasteiger partial charge in [-0.25, -0.2) is 0 Å². The number of likely N-dealkylation sites (tertiary alicyclic amines) is 1. The standard InChI is InChI=1S/C23H31N5O/c1-16-22(13-24-25-16)20-9-11-27(12-10-20)15-23-17(2)26-28(18(23)3)14-19-5-7-21(29-4)8-6-19/h5-8,13,20H,9-12,14-15H2,1-4H3,(H,24,25). The molecule has 3 heterocycles. The minimum Gasteiger partial charge on any atom is -0.497 e. The highest BCUT2D eigenvalue weighted by Gasteiger charge is 2.24. The average molecular weight is 394 g/mol. The summed E-state index contributed by atoms with van der Waals surface area (Å²) in [7, 11) is 1.70. The van der Waals surface area contributed by atoms with Crippen molar-refractivity contribution in [3.8, 4) is 5.75 Å². The van der Waals surface area contributed by atoms with E-state index in [9.17, 15) is 0 Å². The molecule has 1 fully saturated rings. The van der Waals surface area contributed by atoms with E-state index < -0.39 is 0 Å². The van der Waals surface area contributed by atoms with E-state index in [1.54, 1.807) is 7.11 Å². The summed E-state index contributed by atoms with van der Waals surface area (Å²) in [4.78, 5) is 2.57. The third-order valence-electron chi connectivity index (χ3n) is 6.30. The zero-order valence-electron chi connectivity index (χ0n) is 17.9. The van der Waals surface area contributed by atoms with Crippen molar-refractivity contribution < 1.29 is 4.74 Å². The molecule has 0 unspecified atom stereocenters. The highest BCUT2D eigenvalue weighted by Crippen LogP contribution is 2.30. The molecule has 1 aliphatic heterocycles. The largest absolute Gasteiger partial charge is 0.497 e. The van der Waals surface area contributed by atoms with Crippen LogP contribution < -0.4 is 4.74 Å².